The number of hydrogen-bond acceptors (Lipinski definition) is 4. The maximum absolute atomic E-state index is 12.1. The van der Waals surface area contributed by atoms with Crippen LogP contribution >= 0.6 is 0 Å². The highest BCUT2D eigenvalue weighted by Gasteiger charge is 2.28. The van der Waals surface area contributed by atoms with Gasteiger partial charge < -0.3 is 14.9 Å². The van der Waals surface area contributed by atoms with Crippen molar-refractivity contribution in [3.05, 3.63) is 0 Å². The number of likely N-dealkylation sites (tertiary alicyclic amines) is 1. The van der Waals surface area contributed by atoms with Crippen molar-refractivity contribution >= 4 is 16.1 Å². The summed E-state index contributed by atoms with van der Waals surface area (Å²) >= 11 is 0. The minimum atomic E-state index is -3.32. The Bertz CT molecular complexity index is 448. The molecule has 0 saturated carbocycles. The lowest BCUT2D eigenvalue weighted by Gasteiger charge is -2.27. The molecule has 0 radical (unpaired) electrons. The smallest absolute Gasteiger partial charge is 0.407 e. The first kappa shape index (κ1) is 16.5. The number of rotatable bonds is 4. The van der Waals surface area contributed by atoms with Gasteiger partial charge in [-0.2, -0.15) is 0 Å². The second kappa shape index (κ2) is 7.42. The van der Waals surface area contributed by atoms with Crippen LogP contribution in [0.25, 0.3) is 0 Å². The van der Waals surface area contributed by atoms with Gasteiger partial charge in [0.1, 0.15) is 0 Å². The van der Waals surface area contributed by atoms with Gasteiger partial charge in [0.2, 0.25) is 10.0 Å². The molecule has 122 valence electrons. The van der Waals surface area contributed by atoms with Gasteiger partial charge in [-0.25, -0.2) is 17.5 Å². The van der Waals surface area contributed by atoms with Crippen molar-refractivity contribution in [2.75, 3.05) is 51.6 Å². The van der Waals surface area contributed by atoms with Gasteiger partial charge in [-0.3, -0.25) is 0 Å². The van der Waals surface area contributed by atoms with E-state index in [1.165, 1.54) is 28.5 Å². The van der Waals surface area contributed by atoms with Crippen molar-refractivity contribution in [3.63, 3.8) is 0 Å². The lowest BCUT2D eigenvalue weighted by atomic mass is 10.1. The van der Waals surface area contributed by atoms with Gasteiger partial charge >= 0.3 is 6.09 Å². The summed E-state index contributed by atoms with van der Waals surface area (Å²) in [6, 6.07) is 0. The summed E-state index contributed by atoms with van der Waals surface area (Å²) in [5.41, 5.74) is 0. The standard InChI is InChI=1S/C13H25N3O4S/c17-13(18)15-9-10-16(21(19,20)12-11-15)8-4-7-14-5-2-1-3-6-14/h1-12H2,(H,17,18). The van der Waals surface area contributed by atoms with Crippen LogP contribution in [-0.4, -0.2) is 85.3 Å². The highest BCUT2D eigenvalue weighted by atomic mass is 32.2. The molecule has 2 heterocycles. The predicted octanol–water partition coefficient (Wildman–Crippen LogP) is 0.488. The summed E-state index contributed by atoms with van der Waals surface area (Å²) in [6.45, 7) is 4.24. The second-order valence-electron chi connectivity index (χ2n) is 5.74. The largest absolute Gasteiger partial charge is 0.465 e. The third-order valence-corrected chi connectivity index (χ3v) is 6.08. The first-order valence-electron chi connectivity index (χ1n) is 7.67. The average Bonchev–Trinajstić information content (AvgIpc) is 2.59. The molecule has 0 aromatic rings. The van der Waals surface area contributed by atoms with E-state index >= 15 is 0 Å². The molecule has 21 heavy (non-hydrogen) atoms. The number of carbonyl (C=O) groups is 1. The van der Waals surface area contributed by atoms with Crippen molar-refractivity contribution in [2.45, 2.75) is 25.7 Å². The van der Waals surface area contributed by atoms with Crippen molar-refractivity contribution in [1.29, 1.82) is 0 Å². The van der Waals surface area contributed by atoms with Crippen LogP contribution in [0.5, 0.6) is 0 Å². The summed E-state index contributed by atoms with van der Waals surface area (Å²) < 4.78 is 25.7. The molecule has 1 N–H and O–H groups in total. The van der Waals surface area contributed by atoms with Crippen LogP contribution in [0.2, 0.25) is 0 Å². The van der Waals surface area contributed by atoms with Crippen LogP contribution in [0.15, 0.2) is 0 Å². The fraction of sp³-hybridized carbons (Fsp3) is 0.923. The van der Waals surface area contributed by atoms with E-state index in [1.54, 1.807) is 0 Å². The molecule has 2 saturated heterocycles. The van der Waals surface area contributed by atoms with Gasteiger partial charge in [0.25, 0.3) is 0 Å². The maximum Gasteiger partial charge on any atom is 0.407 e. The van der Waals surface area contributed by atoms with E-state index in [9.17, 15) is 13.2 Å². The van der Waals surface area contributed by atoms with E-state index in [1.807, 2.05) is 0 Å². The summed E-state index contributed by atoms with van der Waals surface area (Å²) in [5.74, 6) is -0.108. The zero-order valence-electron chi connectivity index (χ0n) is 12.4. The summed E-state index contributed by atoms with van der Waals surface area (Å²) in [5, 5.41) is 8.97. The summed E-state index contributed by atoms with van der Waals surface area (Å²) in [6.07, 6.45) is 3.53. The van der Waals surface area contributed by atoms with Gasteiger partial charge in [-0.15, -0.1) is 0 Å². The van der Waals surface area contributed by atoms with Crippen LogP contribution in [-0.2, 0) is 10.0 Å². The van der Waals surface area contributed by atoms with Crippen molar-refractivity contribution < 1.29 is 18.3 Å². The highest BCUT2D eigenvalue weighted by molar-refractivity contribution is 7.89. The lowest BCUT2D eigenvalue weighted by Crippen LogP contribution is -2.37. The molecule has 7 nitrogen and oxygen atoms in total. The van der Waals surface area contributed by atoms with E-state index in [0.717, 1.165) is 26.1 Å². The number of carboxylic acid groups (broad SMARTS) is 1. The monoisotopic (exact) mass is 319 g/mol. The molecule has 0 atom stereocenters. The number of amides is 1. The molecule has 0 spiro atoms. The Balaban J connectivity index is 1.81. The van der Waals surface area contributed by atoms with E-state index in [-0.39, 0.29) is 25.4 Å². The van der Waals surface area contributed by atoms with Gasteiger partial charge in [-0.1, -0.05) is 6.42 Å². The van der Waals surface area contributed by atoms with E-state index in [2.05, 4.69) is 4.90 Å². The molecule has 0 bridgehead atoms. The Hall–Kier alpha value is -0.860. The van der Waals surface area contributed by atoms with E-state index in [0.29, 0.717) is 6.54 Å². The second-order valence-corrected chi connectivity index (χ2v) is 7.83. The van der Waals surface area contributed by atoms with Crippen molar-refractivity contribution in [2.24, 2.45) is 0 Å². The normalized spacial score (nSPS) is 24.7. The van der Waals surface area contributed by atoms with Crippen LogP contribution in [0.3, 0.4) is 0 Å². The maximum atomic E-state index is 12.1. The number of sulfonamides is 1. The quantitative estimate of drug-likeness (QED) is 0.815. The Morgan fingerprint density at radius 3 is 2.33 bits per heavy atom. The van der Waals surface area contributed by atoms with Crippen LogP contribution in [0, 0.1) is 0 Å². The van der Waals surface area contributed by atoms with Crippen LogP contribution in [0.1, 0.15) is 25.7 Å². The zero-order chi connectivity index (χ0) is 15.3. The lowest BCUT2D eigenvalue weighted by molar-refractivity contribution is 0.147. The summed E-state index contributed by atoms with van der Waals surface area (Å²) in [7, 11) is -3.32. The molecule has 0 aromatic carbocycles. The van der Waals surface area contributed by atoms with Crippen molar-refractivity contribution in [1.82, 2.24) is 14.1 Å². The third kappa shape index (κ3) is 4.82. The molecule has 0 aromatic heterocycles. The first-order chi connectivity index (χ1) is 9.99. The molecular formula is C13H25N3O4S. The first-order valence-corrected chi connectivity index (χ1v) is 9.28. The molecule has 0 unspecified atom stereocenters. The van der Waals surface area contributed by atoms with Gasteiger partial charge in [0.15, 0.2) is 0 Å². The number of hydrogen-bond donors (Lipinski definition) is 1. The Kier molecular flexibility index (Phi) is 5.83. The van der Waals surface area contributed by atoms with E-state index < -0.39 is 16.1 Å². The van der Waals surface area contributed by atoms with Crippen molar-refractivity contribution in [3.8, 4) is 0 Å². The predicted molar refractivity (Wildman–Crippen MR) is 79.9 cm³/mol. The SMILES string of the molecule is O=C(O)N1CCN(CCCN2CCCCC2)S(=O)(=O)CC1. The minimum Gasteiger partial charge on any atom is -0.465 e. The molecule has 2 fully saturated rings. The molecule has 2 aliphatic rings. The van der Waals surface area contributed by atoms with Crippen LogP contribution in [0.4, 0.5) is 4.79 Å². The zero-order valence-corrected chi connectivity index (χ0v) is 13.2. The topological polar surface area (TPSA) is 81.2 Å². The number of piperidine rings is 1. The molecule has 0 aliphatic carbocycles. The summed E-state index contributed by atoms with van der Waals surface area (Å²) in [4.78, 5) is 14.5. The molecule has 2 aliphatic heterocycles. The number of nitrogens with zero attached hydrogens (tertiary/aromatic N) is 3. The highest BCUT2D eigenvalue weighted by Crippen LogP contribution is 2.12. The Labute approximate surface area is 126 Å². The fourth-order valence-corrected chi connectivity index (χ4v) is 4.41. The molecular weight excluding hydrogens is 294 g/mol. The average molecular weight is 319 g/mol. The molecule has 8 heteroatoms. The van der Waals surface area contributed by atoms with Gasteiger partial charge in [0.05, 0.1) is 5.75 Å². The van der Waals surface area contributed by atoms with E-state index in [4.69, 9.17) is 5.11 Å². The third-order valence-electron chi connectivity index (χ3n) is 4.23. The van der Waals surface area contributed by atoms with Gasteiger partial charge in [0, 0.05) is 26.2 Å². The Morgan fingerprint density at radius 2 is 1.67 bits per heavy atom. The molecule has 2 rings (SSSR count). The minimum absolute atomic E-state index is 0.0697. The Morgan fingerprint density at radius 1 is 0.952 bits per heavy atom. The fourth-order valence-electron chi connectivity index (χ4n) is 2.93. The van der Waals surface area contributed by atoms with Crippen LogP contribution < -0.4 is 0 Å². The molecule has 1 amide bonds. The van der Waals surface area contributed by atoms with Gasteiger partial charge in [-0.05, 0) is 38.9 Å².